The molecule has 10 heteroatoms. The van der Waals surface area contributed by atoms with Gasteiger partial charge in [0, 0.05) is 19.5 Å². The van der Waals surface area contributed by atoms with Crippen molar-refractivity contribution in [2.24, 2.45) is 0 Å². The molecule has 4 N–H and O–H groups in total. The molecule has 10 nitrogen and oxygen atoms in total. The zero-order chi connectivity index (χ0) is 15.7. The van der Waals surface area contributed by atoms with Crippen LogP contribution in [0.25, 0.3) is 0 Å². The summed E-state index contributed by atoms with van der Waals surface area (Å²) in [5.41, 5.74) is 0.440. The van der Waals surface area contributed by atoms with E-state index in [0.717, 1.165) is 4.68 Å². The van der Waals surface area contributed by atoms with E-state index in [4.69, 9.17) is 5.11 Å². The number of carboxylic acid groups (broad SMARTS) is 1. The number of carboxylic acids is 1. The Hall–Kier alpha value is -2.65. The van der Waals surface area contributed by atoms with E-state index in [1.807, 2.05) is 6.92 Å². The fourth-order valence-electron chi connectivity index (χ4n) is 1.44. The van der Waals surface area contributed by atoms with Gasteiger partial charge in [0.05, 0.1) is 12.7 Å². The molecule has 0 saturated carbocycles. The third-order valence-corrected chi connectivity index (χ3v) is 2.32. The molecule has 0 unspecified atom stereocenters. The molecule has 1 aromatic heterocycles. The number of carbonyl (C=O) groups is 3. The number of rotatable bonds is 8. The first-order chi connectivity index (χ1) is 10.0. The van der Waals surface area contributed by atoms with Crippen LogP contribution in [0.2, 0.25) is 0 Å². The summed E-state index contributed by atoms with van der Waals surface area (Å²) in [6.45, 7) is 2.42. The van der Waals surface area contributed by atoms with E-state index in [9.17, 15) is 14.4 Å². The van der Waals surface area contributed by atoms with Gasteiger partial charge in [-0.05, 0) is 6.92 Å². The van der Waals surface area contributed by atoms with Crippen molar-refractivity contribution < 1.29 is 19.5 Å². The fraction of sp³-hybridized carbons (Fsp3) is 0.545. The number of aliphatic carboxylic acids is 1. The summed E-state index contributed by atoms with van der Waals surface area (Å²) in [5, 5.41) is 23.6. The zero-order valence-corrected chi connectivity index (χ0v) is 11.6. The molecule has 1 aromatic rings. The van der Waals surface area contributed by atoms with Crippen molar-refractivity contribution in [3.8, 4) is 0 Å². The van der Waals surface area contributed by atoms with Gasteiger partial charge in [0.25, 0.3) is 0 Å². The topological polar surface area (TPSA) is 138 Å². The maximum absolute atomic E-state index is 11.4. The van der Waals surface area contributed by atoms with E-state index in [-0.39, 0.29) is 32.0 Å². The number of aromatic nitrogens is 3. The Morgan fingerprint density at radius 1 is 1.29 bits per heavy atom. The van der Waals surface area contributed by atoms with Gasteiger partial charge in [-0.25, -0.2) is 9.48 Å². The lowest BCUT2D eigenvalue weighted by molar-refractivity contribution is -0.138. The molecule has 0 aromatic carbocycles. The van der Waals surface area contributed by atoms with Crippen LogP contribution in [-0.2, 0) is 22.7 Å². The SMILES string of the molecule is CCNC(=O)CCNC(=O)NCc1cn(CC(=O)O)nn1. The molecule has 21 heavy (non-hydrogen) atoms. The van der Waals surface area contributed by atoms with Crippen molar-refractivity contribution in [3.63, 3.8) is 0 Å². The van der Waals surface area contributed by atoms with Crippen LogP contribution in [-0.4, -0.2) is 51.1 Å². The first kappa shape index (κ1) is 16.4. The predicted molar refractivity (Wildman–Crippen MR) is 71.2 cm³/mol. The summed E-state index contributed by atoms with van der Waals surface area (Å²) in [4.78, 5) is 33.0. The van der Waals surface area contributed by atoms with Crippen LogP contribution in [0, 0.1) is 0 Å². The highest BCUT2D eigenvalue weighted by Gasteiger charge is 2.06. The lowest BCUT2D eigenvalue weighted by atomic mass is 10.4. The lowest BCUT2D eigenvalue weighted by Crippen LogP contribution is -2.37. The minimum absolute atomic E-state index is 0.118. The van der Waals surface area contributed by atoms with E-state index in [2.05, 4.69) is 26.3 Å². The van der Waals surface area contributed by atoms with Crippen molar-refractivity contribution >= 4 is 17.9 Å². The Morgan fingerprint density at radius 3 is 2.71 bits per heavy atom. The highest BCUT2D eigenvalue weighted by Crippen LogP contribution is 1.92. The van der Waals surface area contributed by atoms with Crippen LogP contribution in [0.4, 0.5) is 4.79 Å². The lowest BCUT2D eigenvalue weighted by Gasteiger charge is -2.06. The molecule has 0 bridgehead atoms. The monoisotopic (exact) mass is 298 g/mol. The summed E-state index contributed by atoms with van der Waals surface area (Å²) in [6.07, 6.45) is 1.64. The second-order valence-corrected chi connectivity index (χ2v) is 4.11. The Morgan fingerprint density at radius 2 is 2.05 bits per heavy atom. The van der Waals surface area contributed by atoms with Crippen molar-refractivity contribution in [2.75, 3.05) is 13.1 Å². The minimum atomic E-state index is -1.03. The van der Waals surface area contributed by atoms with Gasteiger partial charge < -0.3 is 21.1 Å². The van der Waals surface area contributed by atoms with E-state index < -0.39 is 12.0 Å². The number of hydrogen-bond donors (Lipinski definition) is 4. The summed E-state index contributed by atoms with van der Waals surface area (Å²) >= 11 is 0. The van der Waals surface area contributed by atoms with Gasteiger partial charge in [-0.2, -0.15) is 0 Å². The molecular weight excluding hydrogens is 280 g/mol. The molecule has 1 heterocycles. The smallest absolute Gasteiger partial charge is 0.325 e. The van der Waals surface area contributed by atoms with E-state index in [1.165, 1.54) is 6.20 Å². The average Bonchev–Trinajstić information content (AvgIpc) is 2.83. The number of nitrogens with zero attached hydrogens (tertiary/aromatic N) is 3. The van der Waals surface area contributed by atoms with Gasteiger partial charge in [0.15, 0.2) is 0 Å². The van der Waals surface area contributed by atoms with Gasteiger partial charge in [0.2, 0.25) is 5.91 Å². The van der Waals surface area contributed by atoms with Gasteiger partial charge in [-0.3, -0.25) is 9.59 Å². The molecule has 0 atom stereocenters. The number of carbonyl (C=O) groups excluding carboxylic acids is 2. The number of urea groups is 1. The fourth-order valence-corrected chi connectivity index (χ4v) is 1.44. The van der Waals surface area contributed by atoms with Crippen molar-refractivity contribution in [3.05, 3.63) is 11.9 Å². The molecule has 3 amide bonds. The van der Waals surface area contributed by atoms with Gasteiger partial charge in [0.1, 0.15) is 12.2 Å². The Kier molecular flexibility index (Phi) is 6.65. The molecule has 0 aliphatic heterocycles. The third kappa shape index (κ3) is 6.89. The number of nitrogens with one attached hydrogen (secondary N) is 3. The predicted octanol–water partition coefficient (Wildman–Crippen LogP) is -1.31. The molecule has 0 spiro atoms. The first-order valence-corrected chi connectivity index (χ1v) is 6.40. The molecule has 0 aliphatic carbocycles. The van der Waals surface area contributed by atoms with Crippen LogP contribution < -0.4 is 16.0 Å². The van der Waals surface area contributed by atoms with Gasteiger partial charge in [-0.1, -0.05) is 5.21 Å². The summed E-state index contributed by atoms with van der Waals surface area (Å²) in [7, 11) is 0. The van der Waals surface area contributed by atoms with E-state index in [1.54, 1.807) is 0 Å². The maximum atomic E-state index is 11.4. The molecule has 0 saturated heterocycles. The second kappa shape index (κ2) is 8.51. The van der Waals surface area contributed by atoms with Crippen LogP contribution in [0.5, 0.6) is 0 Å². The second-order valence-electron chi connectivity index (χ2n) is 4.11. The number of hydrogen-bond acceptors (Lipinski definition) is 5. The Balaban J connectivity index is 2.22. The highest BCUT2D eigenvalue weighted by molar-refractivity contribution is 5.78. The van der Waals surface area contributed by atoms with Crippen molar-refractivity contribution in [2.45, 2.75) is 26.4 Å². The third-order valence-electron chi connectivity index (χ3n) is 2.32. The van der Waals surface area contributed by atoms with Crippen molar-refractivity contribution in [1.82, 2.24) is 30.9 Å². The normalized spacial score (nSPS) is 9.95. The molecule has 0 aliphatic rings. The molecule has 1 rings (SSSR count). The quantitative estimate of drug-likeness (QED) is 0.470. The molecule has 0 radical (unpaired) electrons. The minimum Gasteiger partial charge on any atom is -0.480 e. The summed E-state index contributed by atoms with van der Waals surface area (Å²) in [6, 6.07) is -0.438. The van der Waals surface area contributed by atoms with Crippen LogP contribution in [0.15, 0.2) is 6.20 Å². The number of amides is 3. The Bertz CT molecular complexity index is 501. The summed E-state index contributed by atoms with van der Waals surface area (Å²) in [5.74, 6) is -1.16. The molecule has 116 valence electrons. The van der Waals surface area contributed by atoms with Gasteiger partial charge in [-0.15, -0.1) is 5.10 Å². The van der Waals surface area contributed by atoms with Gasteiger partial charge >= 0.3 is 12.0 Å². The van der Waals surface area contributed by atoms with Crippen LogP contribution >= 0.6 is 0 Å². The standard InChI is InChI=1S/C11H18N6O4/c1-2-12-9(18)3-4-13-11(21)14-5-8-6-17(16-15-8)7-10(19)20/h6H,2-5,7H2,1H3,(H,12,18)(H,19,20)(H2,13,14,21). The van der Waals surface area contributed by atoms with E-state index >= 15 is 0 Å². The van der Waals surface area contributed by atoms with E-state index in [0.29, 0.717) is 12.2 Å². The zero-order valence-electron chi connectivity index (χ0n) is 11.6. The largest absolute Gasteiger partial charge is 0.480 e. The average molecular weight is 298 g/mol. The highest BCUT2D eigenvalue weighted by atomic mass is 16.4. The molecule has 0 fully saturated rings. The molecular formula is C11H18N6O4. The summed E-state index contributed by atoms with van der Waals surface area (Å²) < 4.78 is 1.16. The maximum Gasteiger partial charge on any atom is 0.325 e. The first-order valence-electron chi connectivity index (χ1n) is 6.40. The van der Waals surface area contributed by atoms with Crippen molar-refractivity contribution in [1.29, 1.82) is 0 Å². The van der Waals surface area contributed by atoms with Crippen LogP contribution in [0.3, 0.4) is 0 Å². The Labute approximate surface area is 120 Å². The van der Waals surface area contributed by atoms with Crippen LogP contribution in [0.1, 0.15) is 19.0 Å².